The minimum atomic E-state index is -0.859. The third-order valence-corrected chi connectivity index (χ3v) is 9.74. The summed E-state index contributed by atoms with van der Waals surface area (Å²) >= 11 is 0. The minimum Gasteiger partial charge on any atom is -0.461 e. The van der Waals surface area contributed by atoms with E-state index in [2.05, 4.69) is 43.0 Å². The molecular formula is C35H42FN5O2. The van der Waals surface area contributed by atoms with E-state index in [4.69, 9.17) is 19.7 Å². The van der Waals surface area contributed by atoms with Crippen LogP contribution in [0.4, 0.5) is 10.2 Å². The molecule has 7 rings (SSSR count). The van der Waals surface area contributed by atoms with Gasteiger partial charge in [0.15, 0.2) is 5.82 Å². The lowest BCUT2D eigenvalue weighted by Gasteiger charge is -2.38. The number of aliphatic hydroxyl groups is 1. The Labute approximate surface area is 253 Å². The molecule has 2 aromatic carbocycles. The highest BCUT2D eigenvalue weighted by molar-refractivity contribution is 6.01. The van der Waals surface area contributed by atoms with E-state index in [1.54, 1.807) is 6.20 Å². The van der Waals surface area contributed by atoms with Crippen LogP contribution in [0.15, 0.2) is 42.6 Å². The average molecular weight is 584 g/mol. The first kappa shape index (κ1) is 28.4. The molecular weight excluding hydrogens is 541 g/mol. The number of halogens is 1. The molecule has 2 atom stereocenters. The first-order chi connectivity index (χ1) is 20.8. The van der Waals surface area contributed by atoms with Gasteiger partial charge < -0.3 is 14.7 Å². The maximum Gasteiger partial charge on any atom is 0.319 e. The van der Waals surface area contributed by atoms with Crippen molar-refractivity contribution in [3.63, 3.8) is 0 Å². The van der Waals surface area contributed by atoms with Crippen LogP contribution in [0, 0.1) is 5.82 Å². The van der Waals surface area contributed by atoms with E-state index in [0.29, 0.717) is 48.9 Å². The van der Waals surface area contributed by atoms with E-state index < -0.39 is 11.4 Å². The van der Waals surface area contributed by atoms with Crippen molar-refractivity contribution < 1.29 is 14.2 Å². The fraction of sp³-hybridized carbons (Fsp3) is 0.514. The highest BCUT2D eigenvalue weighted by Gasteiger charge is 2.37. The van der Waals surface area contributed by atoms with Gasteiger partial charge in [-0.1, -0.05) is 43.3 Å². The highest BCUT2D eigenvalue weighted by Crippen LogP contribution is 2.46. The van der Waals surface area contributed by atoms with Gasteiger partial charge in [0.1, 0.15) is 23.6 Å². The topological polar surface area (TPSA) is 74.6 Å². The molecule has 3 aliphatic rings. The number of β-amino-alcohol motifs (C(OH)–C–C–N with tert-alkyl or cyclic N) is 1. The summed E-state index contributed by atoms with van der Waals surface area (Å²) in [5, 5.41) is 13.6. The van der Waals surface area contributed by atoms with Gasteiger partial charge >= 0.3 is 6.01 Å². The number of hydrogen-bond donors (Lipinski definition) is 1. The SMILES string of the molecule is CCCN1CCCC1(C)COc1nc(N2CCCC(C)(O)C2)c2cnc(-c3cccc4cccc(C5CC5)c34)c(F)c2n1. The van der Waals surface area contributed by atoms with Crippen molar-refractivity contribution in [2.75, 3.05) is 37.7 Å². The third kappa shape index (κ3) is 5.33. The van der Waals surface area contributed by atoms with Crippen molar-refractivity contribution in [1.29, 1.82) is 0 Å². The lowest BCUT2D eigenvalue weighted by Crippen LogP contribution is -2.47. The molecule has 0 radical (unpaired) electrons. The Morgan fingerprint density at radius 2 is 1.84 bits per heavy atom. The Morgan fingerprint density at radius 1 is 1.05 bits per heavy atom. The lowest BCUT2D eigenvalue weighted by atomic mass is 9.94. The fourth-order valence-corrected chi connectivity index (χ4v) is 7.33. The van der Waals surface area contributed by atoms with Crippen molar-refractivity contribution >= 4 is 27.5 Å². The molecule has 4 heterocycles. The standard InChI is InChI=1S/C35H42FN5O2/c1-4-17-41-19-7-15-34(41,2)22-43-33-38-31-27(32(39-33)40-18-8-16-35(3,42)21-40)20-37-30(29(31)36)26-12-6-10-24-9-5-11-25(28(24)26)23-13-14-23/h5-6,9-12,20,23,42H,4,7-8,13-19,21-22H2,1-3H3. The van der Waals surface area contributed by atoms with Gasteiger partial charge in [0.2, 0.25) is 0 Å². The van der Waals surface area contributed by atoms with Crippen LogP contribution in [-0.2, 0) is 0 Å². The van der Waals surface area contributed by atoms with Crippen LogP contribution in [0.3, 0.4) is 0 Å². The van der Waals surface area contributed by atoms with Gasteiger partial charge in [0, 0.05) is 24.8 Å². The Hall–Kier alpha value is -3.36. The normalized spacial score (nSPS) is 24.7. The first-order valence-electron chi connectivity index (χ1n) is 16.0. The Morgan fingerprint density at radius 3 is 2.60 bits per heavy atom. The second-order valence-corrected chi connectivity index (χ2v) is 13.4. The van der Waals surface area contributed by atoms with E-state index in [0.717, 1.165) is 68.0 Å². The molecule has 0 bridgehead atoms. The molecule has 2 unspecified atom stereocenters. The number of fused-ring (bicyclic) bond motifs is 2. The van der Waals surface area contributed by atoms with Gasteiger partial charge in [0.25, 0.3) is 0 Å². The summed E-state index contributed by atoms with van der Waals surface area (Å²) in [6.45, 7) is 9.90. The van der Waals surface area contributed by atoms with Gasteiger partial charge in [0.05, 0.1) is 16.5 Å². The molecule has 7 nitrogen and oxygen atoms in total. The van der Waals surface area contributed by atoms with Crippen molar-refractivity contribution in [1.82, 2.24) is 19.9 Å². The van der Waals surface area contributed by atoms with E-state index in [1.807, 2.05) is 24.0 Å². The van der Waals surface area contributed by atoms with Crippen LogP contribution in [-0.4, -0.2) is 68.9 Å². The van der Waals surface area contributed by atoms with Gasteiger partial charge in [-0.25, -0.2) is 4.39 Å². The summed E-state index contributed by atoms with van der Waals surface area (Å²) < 4.78 is 23.2. The van der Waals surface area contributed by atoms with Gasteiger partial charge in [-0.05, 0) is 94.1 Å². The van der Waals surface area contributed by atoms with Gasteiger partial charge in [-0.15, -0.1) is 0 Å². The number of benzene rings is 2. The molecule has 2 saturated heterocycles. The largest absolute Gasteiger partial charge is 0.461 e. The van der Waals surface area contributed by atoms with Gasteiger partial charge in [-0.3, -0.25) is 9.88 Å². The summed E-state index contributed by atoms with van der Waals surface area (Å²) in [4.78, 5) is 18.8. The van der Waals surface area contributed by atoms with E-state index in [1.165, 1.54) is 5.56 Å². The minimum absolute atomic E-state index is 0.118. The number of rotatable bonds is 8. The van der Waals surface area contributed by atoms with Crippen molar-refractivity contribution in [2.24, 2.45) is 0 Å². The molecule has 2 aliphatic heterocycles. The average Bonchev–Trinajstić information content (AvgIpc) is 3.78. The molecule has 8 heteroatoms. The number of aromatic nitrogens is 3. The molecule has 2 aromatic heterocycles. The Kier molecular flexibility index (Phi) is 7.25. The number of likely N-dealkylation sites (tertiary alicyclic amines) is 1. The number of ether oxygens (including phenoxy) is 1. The first-order valence-corrected chi connectivity index (χ1v) is 16.0. The number of pyridine rings is 1. The second-order valence-electron chi connectivity index (χ2n) is 13.4. The van der Waals surface area contributed by atoms with Crippen LogP contribution in [0.2, 0.25) is 0 Å². The Balaban J connectivity index is 1.35. The monoisotopic (exact) mass is 583 g/mol. The van der Waals surface area contributed by atoms with Crippen LogP contribution in [0.1, 0.15) is 77.2 Å². The van der Waals surface area contributed by atoms with Crippen LogP contribution < -0.4 is 9.64 Å². The molecule has 1 saturated carbocycles. The van der Waals surface area contributed by atoms with Gasteiger partial charge in [-0.2, -0.15) is 9.97 Å². The molecule has 1 aliphatic carbocycles. The van der Waals surface area contributed by atoms with Crippen molar-refractivity contribution in [2.45, 2.75) is 82.8 Å². The highest BCUT2D eigenvalue weighted by atomic mass is 19.1. The number of nitrogens with zero attached hydrogens (tertiary/aromatic N) is 5. The van der Waals surface area contributed by atoms with Crippen LogP contribution in [0.5, 0.6) is 6.01 Å². The quantitative estimate of drug-likeness (QED) is 0.243. The third-order valence-electron chi connectivity index (χ3n) is 9.74. The number of anilines is 1. The molecule has 226 valence electrons. The van der Waals surface area contributed by atoms with E-state index in [9.17, 15) is 5.11 Å². The molecule has 4 aromatic rings. The smallest absolute Gasteiger partial charge is 0.319 e. The zero-order chi connectivity index (χ0) is 29.8. The Bertz CT molecular complexity index is 1670. The summed E-state index contributed by atoms with van der Waals surface area (Å²) in [6, 6.07) is 12.5. The molecule has 1 N–H and O–H groups in total. The van der Waals surface area contributed by atoms with E-state index in [-0.39, 0.29) is 17.1 Å². The predicted octanol–water partition coefficient (Wildman–Crippen LogP) is 6.86. The second kappa shape index (κ2) is 11.0. The van der Waals surface area contributed by atoms with Crippen molar-refractivity contribution in [3.8, 4) is 17.3 Å². The lowest BCUT2D eigenvalue weighted by molar-refractivity contribution is 0.0447. The molecule has 3 fully saturated rings. The maximum absolute atomic E-state index is 16.8. The fourth-order valence-electron chi connectivity index (χ4n) is 7.33. The molecule has 43 heavy (non-hydrogen) atoms. The zero-order valence-electron chi connectivity index (χ0n) is 25.6. The molecule has 0 amide bonds. The summed E-state index contributed by atoms with van der Waals surface area (Å²) in [7, 11) is 0. The van der Waals surface area contributed by atoms with Crippen LogP contribution in [0.25, 0.3) is 32.9 Å². The zero-order valence-corrected chi connectivity index (χ0v) is 25.6. The summed E-state index contributed by atoms with van der Waals surface area (Å²) in [6.07, 6.45) is 8.79. The van der Waals surface area contributed by atoms with Crippen molar-refractivity contribution in [3.05, 3.63) is 54.0 Å². The maximum atomic E-state index is 16.8. The molecule has 0 spiro atoms. The number of hydrogen-bond acceptors (Lipinski definition) is 7. The van der Waals surface area contributed by atoms with E-state index >= 15 is 4.39 Å². The summed E-state index contributed by atoms with van der Waals surface area (Å²) in [5.41, 5.74) is 1.58. The summed E-state index contributed by atoms with van der Waals surface area (Å²) in [5.74, 6) is 0.613. The predicted molar refractivity (Wildman–Crippen MR) is 169 cm³/mol. The van der Waals surface area contributed by atoms with Crippen LogP contribution >= 0.6 is 0 Å². The number of piperidine rings is 1.